The minimum Gasteiger partial charge on any atom is -0.438 e. The molecule has 154 valence electrons. The lowest BCUT2D eigenvalue weighted by molar-refractivity contribution is 0.262. The molecule has 2 heterocycles. The van der Waals surface area contributed by atoms with Crippen molar-refractivity contribution in [3.8, 4) is 22.9 Å². The molecule has 4 rings (SSSR count). The predicted octanol–water partition coefficient (Wildman–Crippen LogP) is 5.59. The van der Waals surface area contributed by atoms with E-state index in [9.17, 15) is 4.79 Å². The van der Waals surface area contributed by atoms with Crippen LogP contribution in [0.5, 0.6) is 11.6 Å². The van der Waals surface area contributed by atoms with E-state index in [0.717, 1.165) is 28.1 Å². The number of aryl methyl sites for hydroxylation is 2. The van der Waals surface area contributed by atoms with Crippen molar-refractivity contribution >= 4 is 17.4 Å². The molecule has 0 aliphatic heterocycles. The summed E-state index contributed by atoms with van der Waals surface area (Å²) in [5, 5.41) is 5.70. The molecule has 0 fully saturated rings. The molecule has 0 aliphatic rings. The first-order valence-electron chi connectivity index (χ1n) is 9.74. The van der Waals surface area contributed by atoms with Crippen molar-refractivity contribution in [2.45, 2.75) is 13.8 Å². The summed E-state index contributed by atoms with van der Waals surface area (Å²) >= 11 is 0. The van der Waals surface area contributed by atoms with E-state index >= 15 is 0 Å². The maximum Gasteiger partial charge on any atom is 0.323 e. The van der Waals surface area contributed by atoms with Crippen LogP contribution in [0.1, 0.15) is 11.1 Å². The normalized spacial score (nSPS) is 10.4. The summed E-state index contributed by atoms with van der Waals surface area (Å²) in [6.45, 7) is 3.83. The molecular formula is C24H21N5O2. The largest absolute Gasteiger partial charge is 0.438 e. The number of para-hydroxylation sites is 1. The summed E-state index contributed by atoms with van der Waals surface area (Å²) < 4.78 is 6.13. The van der Waals surface area contributed by atoms with Gasteiger partial charge in [-0.05, 0) is 67.4 Å². The van der Waals surface area contributed by atoms with E-state index in [1.807, 2.05) is 68.4 Å². The number of rotatable bonds is 5. The molecule has 2 aromatic carbocycles. The Morgan fingerprint density at radius 1 is 0.871 bits per heavy atom. The molecule has 0 spiro atoms. The number of amides is 2. The third-order valence-electron chi connectivity index (χ3n) is 4.64. The number of hydrogen-bond acceptors (Lipinski definition) is 5. The zero-order valence-corrected chi connectivity index (χ0v) is 17.2. The van der Waals surface area contributed by atoms with Crippen molar-refractivity contribution in [3.63, 3.8) is 0 Å². The quantitative estimate of drug-likeness (QED) is 0.447. The maximum absolute atomic E-state index is 12.3. The Hall–Kier alpha value is -4.26. The van der Waals surface area contributed by atoms with Gasteiger partial charge in [-0.1, -0.05) is 18.2 Å². The predicted molar refractivity (Wildman–Crippen MR) is 120 cm³/mol. The molecule has 0 unspecified atom stereocenters. The smallest absolute Gasteiger partial charge is 0.323 e. The number of aromatic nitrogens is 3. The number of hydrogen-bond donors (Lipinski definition) is 2. The number of urea groups is 1. The molecule has 0 bridgehead atoms. The minimum absolute atomic E-state index is 0.307. The van der Waals surface area contributed by atoms with Gasteiger partial charge in [0.05, 0.1) is 11.3 Å². The first-order valence-corrected chi connectivity index (χ1v) is 9.74. The van der Waals surface area contributed by atoms with Crippen LogP contribution in [0, 0.1) is 13.8 Å². The number of nitrogens with one attached hydrogen (secondary N) is 2. The van der Waals surface area contributed by atoms with E-state index in [-0.39, 0.29) is 6.03 Å². The zero-order chi connectivity index (χ0) is 21.6. The maximum atomic E-state index is 12.3. The SMILES string of the molecule is Cc1cc(Oc2ncccc2-c2ccncn2)c(C)cc1NC(=O)Nc1ccccc1. The Labute approximate surface area is 180 Å². The molecule has 4 aromatic rings. The molecule has 0 atom stereocenters. The molecule has 0 radical (unpaired) electrons. The second kappa shape index (κ2) is 9.04. The van der Waals surface area contributed by atoms with Crippen LogP contribution in [-0.4, -0.2) is 21.0 Å². The van der Waals surface area contributed by atoms with Crippen LogP contribution in [0.25, 0.3) is 11.3 Å². The second-order valence-electron chi connectivity index (χ2n) is 6.93. The summed E-state index contributed by atoms with van der Waals surface area (Å²) in [4.78, 5) is 25.0. The van der Waals surface area contributed by atoms with Gasteiger partial charge in [0, 0.05) is 23.8 Å². The molecule has 7 nitrogen and oxygen atoms in total. The fourth-order valence-electron chi connectivity index (χ4n) is 3.06. The number of nitrogens with zero attached hydrogens (tertiary/aromatic N) is 3. The van der Waals surface area contributed by atoms with Gasteiger partial charge in [0.2, 0.25) is 5.88 Å². The van der Waals surface area contributed by atoms with Crippen LogP contribution in [0.2, 0.25) is 0 Å². The average Bonchev–Trinajstić information content (AvgIpc) is 2.79. The van der Waals surface area contributed by atoms with Gasteiger partial charge in [-0.15, -0.1) is 0 Å². The Morgan fingerprint density at radius 2 is 1.71 bits per heavy atom. The fourth-order valence-corrected chi connectivity index (χ4v) is 3.06. The average molecular weight is 411 g/mol. The monoisotopic (exact) mass is 411 g/mol. The van der Waals surface area contributed by atoms with E-state index < -0.39 is 0 Å². The van der Waals surface area contributed by atoms with Crippen LogP contribution in [0.4, 0.5) is 16.2 Å². The number of benzene rings is 2. The first-order chi connectivity index (χ1) is 15.1. The standard InChI is InChI=1S/C24H21N5O2/c1-16-14-22(31-23-19(9-6-11-26-23)20-10-12-25-15-27-20)17(2)13-21(16)29-24(30)28-18-7-4-3-5-8-18/h3-15H,1-2H3,(H2,28,29,30). The van der Waals surface area contributed by atoms with Crippen molar-refractivity contribution in [2.75, 3.05) is 10.6 Å². The Balaban J connectivity index is 1.54. The molecule has 2 aromatic heterocycles. The molecule has 2 amide bonds. The van der Waals surface area contributed by atoms with Crippen molar-refractivity contribution in [2.24, 2.45) is 0 Å². The van der Waals surface area contributed by atoms with Crippen LogP contribution < -0.4 is 15.4 Å². The Morgan fingerprint density at radius 3 is 2.48 bits per heavy atom. The topological polar surface area (TPSA) is 89.0 Å². The van der Waals surface area contributed by atoms with Gasteiger partial charge in [0.25, 0.3) is 0 Å². The van der Waals surface area contributed by atoms with Gasteiger partial charge in [0.1, 0.15) is 12.1 Å². The van der Waals surface area contributed by atoms with Crippen molar-refractivity contribution in [1.82, 2.24) is 15.0 Å². The summed E-state index contributed by atoms with van der Waals surface area (Å²) in [6, 6.07) is 18.3. The third kappa shape index (κ3) is 4.84. The van der Waals surface area contributed by atoms with Crippen LogP contribution in [0.15, 0.2) is 79.4 Å². The summed E-state index contributed by atoms with van der Waals surface area (Å²) in [6.07, 6.45) is 4.84. The number of anilines is 2. The van der Waals surface area contributed by atoms with Gasteiger partial charge in [-0.25, -0.2) is 19.7 Å². The van der Waals surface area contributed by atoms with Gasteiger partial charge in [0.15, 0.2) is 0 Å². The zero-order valence-electron chi connectivity index (χ0n) is 17.2. The van der Waals surface area contributed by atoms with E-state index in [0.29, 0.717) is 17.3 Å². The molecule has 31 heavy (non-hydrogen) atoms. The molecule has 0 aliphatic carbocycles. The fraction of sp³-hybridized carbons (Fsp3) is 0.0833. The first kappa shape index (κ1) is 20.0. The van der Waals surface area contributed by atoms with Crippen molar-refractivity contribution in [1.29, 1.82) is 0 Å². The van der Waals surface area contributed by atoms with E-state index in [1.54, 1.807) is 18.5 Å². The lowest BCUT2D eigenvalue weighted by Gasteiger charge is -2.15. The van der Waals surface area contributed by atoms with Gasteiger partial charge in [-0.3, -0.25) is 0 Å². The van der Waals surface area contributed by atoms with Crippen LogP contribution >= 0.6 is 0 Å². The van der Waals surface area contributed by atoms with E-state index in [1.165, 1.54) is 6.33 Å². The Bertz CT molecular complexity index is 1200. The number of carbonyl (C=O) groups excluding carboxylic acids is 1. The lowest BCUT2D eigenvalue weighted by atomic mass is 10.1. The number of carbonyl (C=O) groups is 1. The van der Waals surface area contributed by atoms with Gasteiger partial charge < -0.3 is 15.4 Å². The van der Waals surface area contributed by atoms with Crippen molar-refractivity contribution < 1.29 is 9.53 Å². The summed E-state index contributed by atoms with van der Waals surface area (Å²) in [7, 11) is 0. The van der Waals surface area contributed by atoms with Gasteiger partial charge in [-0.2, -0.15) is 0 Å². The molecule has 0 saturated heterocycles. The highest BCUT2D eigenvalue weighted by atomic mass is 16.5. The van der Waals surface area contributed by atoms with Crippen LogP contribution in [-0.2, 0) is 0 Å². The Kier molecular flexibility index (Phi) is 5.84. The van der Waals surface area contributed by atoms with Gasteiger partial charge >= 0.3 is 6.03 Å². The van der Waals surface area contributed by atoms with Crippen molar-refractivity contribution in [3.05, 3.63) is 90.5 Å². The highest BCUT2D eigenvalue weighted by Crippen LogP contribution is 2.33. The molecular weight excluding hydrogens is 390 g/mol. The van der Waals surface area contributed by atoms with E-state index in [2.05, 4.69) is 25.6 Å². The molecule has 2 N–H and O–H groups in total. The second-order valence-corrected chi connectivity index (χ2v) is 6.93. The molecule has 7 heteroatoms. The number of pyridine rings is 1. The summed E-state index contributed by atoms with van der Waals surface area (Å²) in [5.74, 6) is 1.10. The summed E-state index contributed by atoms with van der Waals surface area (Å²) in [5.41, 5.74) is 4.65. The minimum atomic E-state index is -0.307. The number of ether oxygens (including phenoxy) is 1. The third-order valence-corrected chi connectivity index (χ3v) is 4.64. The lowest BCUT2D eigenvalue weighted by Crippen LogP contribution is -2.20. The highest BCUT2D eigenvalue weighted by molar-refractivity contribution is 6.00. The van der Waals surface area contributed by atoms with E-state index in [4.69, 9.17) is 4.74 Å². The highest BCUT2D eigenvalue weighted by Gasteiger charge is 2.13. The van der Waals surface area contributed by atoms with Crippen LogP contribution in [0.3, 0.4) is 0 Å². The molecule has 0 saturated carbocycles.